The summed E-state index contributed by atoms with van der Waals surface area (Å²) in [5, 5.41) is 6.12. The first kappa shape index (κ1) is 21.2. The minimum absolute atomic E-state index is 0.0542. The van der Waals surface area contributed by atoms with Gasteiger partial charge in [-0.25, -0.2) is 4.99 Å². The zero-order chi connectivity index (χ0) is 18.2. The molecule has 0 heterocycles. The van der Waals surface area contributed by atoms with Gasteiger partial charge in [-0.15, -0.1) is 0 Å². The van der Waals surface area contributed by atoms with Gasteiger partial charge in [0, 0.05) is 33.2 Å². The molecule has 0 atom stereocenters. The van der Waals surface area contributed by atoms with E-state index in [1.165, 1.54) is 4.90 Å². The molecular formula is C16H33N5O2. The molecule has 0 aromatic carbocycles. The van der Waals surface area contributed by atoms with Crippen LogP contribution in [0.3, 0.4) is 0 Å². The summed E-state index contributed by atoms with van der Waals surface area (Å²) in [4.78, 5) is 31.3. The summed E-state index contributed by atoms with van der Waals surface area (Å²) in [6.07, 6.45) is 0. The molecule has 0 saturated carbocycles. The van der Waals surface area contributed by atoms with E-state index in [2.05, 4.69) is 29.5 Å². The fourth-order valence-corrected chi connectivity index (χ4v) is 1.64. The third kappa shape index (κ3) is 10.5. The highest BCUT2D eigenvalue weighted by atomic mass is 16.2. The van der Waals surface area contributed by atoms with Crippen LogP contribution in [0, 0.1) is 5.92 Å². The summed E-state index contributed by atoms with van der Waals surface area (Å²) in [6.45, 7) is 10.9. The molecule has 0 aliphatic rings. The maximum Gasteiger partial charge on any atom is 0.243 e. The van der Waals surface area contributed by atoms with E-state index in [0.29, 0.717) is 11.9 Å². The number of nitrogens with one attached hydrogen (secondary N) is 2. The number of hydrogen-bond acceptors (Lipinski definition) is 3. The molecule has 0 aromatic heterocycles. The van der Waals surface area contributed by atoms with Crippen molar-refractivity contribution in [2.24, 2.45) is 10.9 Å². The smallest absolute Gasteiger partial charge is 0.243 e. The lowest BCUT2D eigenvalue weighted by molar-refractivity contribution is -0.127. The van der Waals surface area contributed by atoms with E-state index in [0.717, 1.165) is 6.54 Å². The van der Waals surface area contributed by atoms with Crippen molar-refractivity contribution in [3.63, 3.8) is 0 Å². The number of nitrogens with zero attached hydrogens (tertiary/aromatic N) is 3. The van der Waals surface area contributed by atoms with E-state index in [1.54, 1.807) is 26.0 Å². The average Bonchev–Trinajstić information content (AvgIpc) is 2.35. The first-order chi connectivity index (χ1) is 10.4. The van der Waals surface area contributed by atoms with Gasteiger partial charge >= 0.3 is 0 Å². The van der Waals surface area contributed by atoms with E-state index in [-0.39, 0.29) is 30.4 Å². The van der Waals surface area contributed by atoms with Gasteiger partial charge < -0.3 is 20.4 Å². The quantitative estimate of drug-likeness (QED) is 0.551. The lowest BCUT2D eigenvalue weighted by Gasteiger charge is -2.26. The van der Waals surface area contributed by atoms with E-state index < -0.39 is 0 Å². The van der Waals surface area contributed by atoms with Crippen LogP contribution >= 0.6 is 0 Å². The molecule has 2 N–H and O–H groups in total. The van der Waals surface area contributed by atoms with Crippen LogP contribution in [-0.2, 0) is 9.59 Å². The van der Waals surface area contributed by atoms with Gasteiger partial charge in [-0.05, 0) is 26.7 Å². The molecule has 2 amide bonds. The Morgan fingerprint density at radius 3 is 2.13 bits per heavy atom. The third-order valence-corrected chi connectivity index (χ3v) is 2.79. The third-order valence-electron chi connectivity index (χ3n) is 2.79. The van der Waals surface area contributed by atoms with Crippen LogP contribution in [0.2, 0.25) is 0 Å². The van der Waals surface area contributed by atoms with Gasteiger partial charge in [-0.2, -0.15) is 0 Å². The Morgan fingerprint density at radius 2 is 1.70 bits per heavy atom. The zero-order valence-electron chi connectivity index (χ0n) is 15.9. The first-order valence-electron chi connectivity index (χ1n) is 7.93. The Labute approximate surface area is 140 Å². The van der Waals surface area contributed by atoms with Crippen LogP contribution in [0.25, 0.3) is 0 Å². The predicted molar refractivity (Wildman–Crippen MR) is 94.4 cm³/mol. The summed E-state index contributed by atoms with van der Waals surface area (Å²) in [5.41, 5.74) is -0.276. The molecule has 7 heteroatoms. The minimum atomic E-state index is -0.276. The Morgan fingerprint density at radius 1 is 1.13 bits per heavy atom. The fraction of sp³-hybridized carbons (Fsp3) is 0.812. The average molecular weight is 327 g/mol. The van der Waals surface area contributed by atoms with Crippen molar-refractivity contribution in [1.29, 1.82) is 0 Å². The maximum absolute atomic E-state index is 12.0. The van der Waals surface area contributed by atoms with Crippen molar-refractivity contribution in [3.05, 3.63) is 0 Å². The minimum Gasteiger partial charge on any atom is -0.356 e. The summed E-state index contributed by atoms with van der Waals surface area (Å²) >= 11 is 0. The largest absolute Gasteiger partial charge is 0.356 e. The number of guanidine groups is 1. The molecule has 7 nitrogen and oxygen atoms in total. The highest BCUT2D eigenvalue weighted by Gasteiger charge is 2.17. The maximum atomic E-state index is 12.0. The lowest BCUT2D eigenvalue weighted by atomic mass is 10.1. The summed E-state index contributed by atoms with van der Waals surface area (Å²) in [5.74, 6) is 0.818. The van der Waals surface area contributed by atoms with Crippen molar-refractivity contribution in [3.8, 4) is 0 Å². The van der Waals surface area contributed by atoms with E-state index in [4.69, 9.17) is 0 Å². The Kier molecular flexibility index (Phi) is 8.64. The number of amides is 2. The summed E-state index contributed by atoms with van der Waals surface area (Å²) in [7, 11) is 5.17. The molecule has 0 aliphatic heterocycles. The first-order valence-corrected chi connectivity index (χ1v) is 7.93. The normalized spacial score (nSPS) is 12.1. The van der Waals surface area contributed by atoms with Crippen molar-refractivity contribution < 1.29 is 9.59 Å². The van der Waals surface area contributed by atoms with E-state index in [9.17, 15) is 9.59 Å². The molecule has 0 unspecified atom stereocenters. The molecule has 0 saturated heterocycles. The van der Waals surface area contributed by atoms with Gasteiger partial charge in [0.1, 0.15) is 6.54 Å². The van der Waals surface area contributed by atoms with Crippen molar-refractivity contribution in [2.45, 2.75) is 40.2 Å². The summed E-state index contributed by atoms with van der Waals surface area (Å²) in [6, 6.07) is 0. The lowest BCUT2D eigenvalue weighted by Crippen LogP contribution is -2.49. The van der Waals surface area contributed by atoms with Crippen LogP contribution in [0.1, 0.15) is 34.6 Å². The second-order valence-electron chi connectivity index (χ2n) is 7.36. The second-order valence-corrected chi connectivity index (χ2v) is 7.36. The molecule has 0 fully saturated rings. The number of rotatable bonds is 6. The number of carbonyl (C=O) groups excluding carboxylic acids is 2. The molecule has 134 valence electrons. The highest BCUT2D eigenvalue weighted by molar-refractivity contribution is 5.88. The number of likely N-dealkylation sites (N-methyl/N-ethyl adjacent to an activating group) is 2. The van der Waals surface area contributed by atoms with Crippen LogP contribution in [0.4, 0.5) is 0 Å². The van der Waals surface area contributed by atoms with Crippen LogP contribution < -0.4 is 10.6 Å². The van der Waals surface area contributed by atoms with E-state index >= 15 is 0 Å². The number of carbonyl (C=O) groups is 2. The fourth-order valence-electron chi connectivity index (χ4n) is 1.64. The highest BCUT2D eigenvalue weighted by Crippen LogP contribution is 1.99. The van der Waals surface area contributed by atoms with Gasteiger partial charge in [0.15, 0.2) is 5.96 Å². The SMILES string of the molecule is CC(C)CNC(=NCC(=O)N(C)C)N(C)CC(=O)NC(C)(C)C. The number of hydrogen-bond donors (Lipinski definition) is 2. The van der Waals surface area contributed by atoms with Gasteiger partial charge in [0.25, 0.3) is 0 Å². The standard InChI is InChI=1S/C16H33N5O2/c1-12(2)9-17-15(18-10-14(23)20(6)7)21(8)11-13(22)19-16(3,4)5/h12H,9-11H2,1-8H3,(H,17,18)(H,19,22). The predicted octanol–water partition coefficient (Wildman–Crippen LogP) is 0.523. The Bertz CT molecular complexity index is 425. The van der Waals surface area contributed by atoms with Crippen molar-refractivity contribution in [2.75, 3.05) is 40.8 Å². The van der Waals surface area contributed by atoms with E-state index in [1.807, 2.05) is 20.8 Å². The van der Waals surface area contributed by atoms with Gasteiger partial charge in [-0.3, -0.25) is 9.59 Å². The molecule has 0 aliphatic carbocycles. The van der Waals surface area contributed by atoms with Crippen LogP contribution in [-0.4, -0.2) is 73.9 Å². The molecule has 0 rings (SSSR count). The molecule has 23 heavy (non-hydrogen) atoms. The van der Waals surface area contributed by atoms with Crippen LogP contribution in [0.5, 0.6) is 0 Å². The van der Waals surface area contributed by atoms with Crippen LogP contribution in [0.15, 0.2) is 4.99 Å². The van der Waals surface area contributed by atoms with Gasteiger partial charge in [-0.1, -0.05) is 13.8 Å². The van der Waals surface area contributed by atoms with Crippen molar-refractivity contribution in [1.82, 2.24) is 20.4 Å². The second kappa shape index (κ2) is 9.37. The molecule has 0 bridgehead atoms. The monoisotopic (exact) mass is 327 g/mol. The molecular weight excluding hydrogens is 294 g/mol. The van der Waals surface area contributed by atoms with Crippen molar-refractivity contribution >= 4 is 17.8 Å². The number of aliphatic imine (C=N–C) groups is 1. The molecule has 0 radical (unpaired) electrons. The Balaban J connectivity index is 4.86. The van der Waals surface area contributed by atoms with Gasteiger partial charge in [0.2, 0.25) is 11.8 Å². The Hall–Kier alpha value is -1.79. The molecule has 0 aromatic rings. The topological polar surface area (TPSA) is 77.0 Å². The summed E-state index contributed by atoms with van der Waals surface area (Å²) < 4.78 is 0. The zero-order valence-corrected chi connectivity index (χ0v) is 15.9. The molecule has 0 spiro atoms. The van der Waals surface area contributed by atoms with Gasteiger partial charge in [0.05, 0.1) is 6.54 Å².